The summed E-state index contributed by atoms with van der Waals surface area (Å²) in [6.07, 6.45) is 14.7. The van der Waals surface area contributed by atoms with E-state index in [9.17, 15) is 0 Å². The fourth-order valence-corrected chi connectivity index (χ4v) is 4.43. The first-order valence-corrected chi connectivity index (χ1v) is 10.9. The zero-order valence-corrected chi connectivity index (χ0v) is 18.0. The van der Waals surface area contributed by atoms with Crippen LogP contribution in [0.4, 0.5) is 5.13 Å². The molecular weight excluding hydrogens is 360 g/mol. The Balaban J connectivity index is 1.86. The number of benzene rings is 1. The third kappa shape index (κ3) is 4.71. The Labute approximate surface area is 172 Å². The fourth-order valence-electron chi connectivity index (χ4n) is 3.66. The zero-order valence-electron chi connectivity index (χ0n) is 17.2. The van der Waals surface area contributed by atoms with E-state index in [4.69, 9.17) is 5.73 Å². The fraction of sp³-hybridized carbons (Fsp3) is 0.320. The van der Waals surface area contributed by atoms with Gasteiger partial charge >= 0.3 is 0 Å². The molecule has 0 spiro atoms. The molecule has 2 aromatic rings. The topological polar surface area (TPSA) is 38.9 Å². The Kier molecular flexibility index (Phi) is 6.69. The minimum atomic E-state index is 0.620. The first kappa shape index (κ1) is 20.3. The van der Waals surface area contributed by atoms with Gasteiger partial charge in [0, 0.05) is 0 Å². The number of thiazole rings is 1. The van der Waals surface area contributed by atoms with Gasteiger partial charge in [-0.2, -0.15) is 0 Å². The van der Waals surface area contributed by atoms with Crippen LogP contribution in [0.3, 0.4) is 0 Å². The smallest absolute Gasteiger partial charge is 0.181 e. The van der Waals surface area contributed by atoms with Crippen LogP contribution in [-0.4, -0.2) is 4.98 Å². The van der Waals surface area contributed by atoms with Crippen molar-refractivity contribution in [2.75, 3.05) is 5.73 Å². The summed E-state index contributed by atoms with van der Waals surface area (Å²) in [7, 11) is 0. The molecule has 0 atom stereocenters. The van der Waals surface area contributed by atoms with Gasteiger partial charge in [-0.1, -0.05) is 72.8 Å². The molecule has 3 rings (SSSR count). The van der Waals surface area contributed by atoms with Crippen LogP contribution in [0.25, 0.3) is 15.8 Å². The number of hydrogen-bond acceptors (Lipinski definition) is 3. The molecule has 1 aliphatic rings. The van der Waals surface area contributed by atoms with Crippen LogP contribution in [-0.2, 0) is 0 Å². The average molecular weight is 391 g/mol. The van der Waals surface area contributed by atoms with E-state index in [1.807, 2.05) is 0 Å². The first-order chi connectivity index (χ1) is 13.5. The minimum Gasteiger partial charge on any atom is -0.375 e. The number of unbranched alkanes of at least 4 members (excludes halogenated alkanes) is 1. The van der Waals surface area contributed by atoms with Crippen molar-refractivity contribution in [1.82, 2.24) is 4.98 Å². The summed E-state index contributed by atoms with van der Waals surface area (Å²) in [5, 5.41) is 0.620. The lowest BCUT2D eigenvalue weighted by Gasteiger charge is -2.21. The molecule has 0 radical (unpaired) electrons. The number of nitrogens with two attached hydrogens (primary N) is 1. The first-order valence-electron chi connectivity index (χ1n) is 10.1. The second kappa shape index (κ2) is 9.20. The van der Waals surface area contributed by atoms with E-state index in [2.05, 4.69) is 74.8 Å². The molecule has 1 aliphatic carbocycles. The summed E-state index contributed by atoms with van der Waals surface area (Å²) in [5.74, 6) is 0. The van der Waals surface area contributed by atoms with Crippen molar-refractivity contribution in [3.8, 4) is 0 Å². The lowest BCUT2D eigenvalue weighted by molar-refractivity contribution is 0.787. The highest BCUT2D eigenvalue weighted by molar-refractivity contribution is 7.22. The minimum absolute atomic E-state index is 0.620. The molecule has 0 fully saturated rings. The highest BCUT2D eigenvalue weighted by Crippen LogP contribution is 2.38. The molecule has 0 saturated heterocycles. The van der Waals surface area contributed by atoms with Gasteiger partial charge in [0.25, 0.3) is 0 Å². The van der Waals surface area contributed by atoms with Crippen molar-refractivity contribution in [3.05, 3.63) is 76.9 Å². The van der Waals surface area contributed by atoms with Crippen molar-refractivity contribution < 1.29 is 0 Å². The maximum Gasteiger partial charge on any atom is 0.181 e. The second-order valence-corrected chi connectivity index (χ2v) is 8.61. The van der Waals surface area contributed by atoms with Crippen molar-refractivity contribution in [1.29, 1.82) is 0 Å². The molecule has 3 heteroatoms. The molecule has 2 nitrogen and oxygen atoms in total. The molecule has 0 saturated carbocycles. The third-order valence-electron chi connectivity index (χ3n) is 5.20. The summed E-state index contributed by atoms with van der Waals surface area (Å²) in [5.41, 5.74) is 14.5. The van der Waals surface area contributed by atoms with Crippen LogP contribution in [0.1, 0.15) is 58.4 Å². The van der Waals surface area contributed by atoms with E-state index >= 15 is 0 Å². The third-order valence-corrected chi connectivity index (χ3v) is 6.05. The average Bonchev–Trinajstić information content (AvgIpc) is 3.05. The Bertz CT molecular complexity index is 999. The number of aromatic nitrogens is 1. The highest BCUT2D eigenvalue weighted by atomic mass is 32.1. The SMILES string of the molecule is C=C(/C=C\C=C(\C)CCCC)C1=C(C)CCC=C1c1ccc2nc(N)sc2c1. The zero-order chi connectivity index (χ0) is 20.1. The summed E-state index contributed by atoms with van der Waals surface area (Å²) < 4.78 is 1.13. The molecule has 0 unspecified atom stereocenters. The molecule has 146 valence electrons. The predicted molar refractivity (Wildman–Crippen MR) is 126 cm³/mol. The van der Waals surface area contributed by atoms with Crippen molar-refractivity contribution in [2.24, 2.45) is 0 Å². The van der Waals surface area contributed by atoms with Gasteiger partial charge in [0.15, 0.2) is 5.13 Å². The molecule has 0 bridgehead atoms. The molecule has 1 aromatic carbocycles. The van der Waals surface area contributed by atoms with E-state index in [-0.39, 0.29) is 0 Å². The number of fused-ring (bicyclic) bond motifs is 1. The van der Waals surface area contributed by atoms with Crippen molar-refractivity contribution in [2.45, 2.75) is 52.9 Å². The summed E-state index contributed by atoms with van der Waals surface area (Å²) in [4.78, 5) is 4.38. The van der Waals surface area contributed by atoms with E-state index in [1.165, 1.54) is 40.7 Å². The monoisotopic (exact) mass is 390 g/mol. The number of allylic oxidation sites excluding steroid dienone is 9. The molecule has 0 amide bonds. The number of nitrogen functional groups attached to an aromatic ring is 1. The summed E-state index contributed by atoms with van der Waals surface area (Å²) in [6.45, 7) is 11.0. The number of rotatable bonds is 7. The highest BCUT2D eigenvalue weighted by Gasteiger charge is 2.17. The molecule has 28 heavy (non-hydrogen) atoms. The standard InChI is InChI=1S/C25H30N2S/c1-5-6-9-17(2)10-7-11-18(3)24-19(4)12-8-13-21(24)20-14-15-22-23(16-20)28-25(26)27-22/h7,10-11,13-16H,3,5-6,8-9,12H2,1-2,4H3,(H2,26,27)/b11-7-,17-10-. The van der Waals surface area contributed by atoms with Gasteiger partial charge in [0.1, 0.15) is 0 Å². The van der Waals surface area contributed by atoms with E-state index in [1.54, 1.807) is 11.3 Å². The maximum atomic E-state index is 5.88. The van der Waals surface area contributed by atoms with Crippen molar-refractivity contribution >= 4 is 32.3 Å². The van der Waals surface area contributed by atoms with Gasteiger partial charge in [0.2, 0.25) is 0 Å². The van der Waals surface area contributed by atoms with E-state index < -0.39 is 0 Å². The van der Waals surface area contributed by atoms with E-state index in [0.29, 0.717) is 5.13 Å². The van der Waals surface area contributed by atoms with Crippen LogP contribution < -0.4 is 5.73 Å². The maximum absolute atomic E-state index is 5.88. The Morgan fingerprint density at radius 1 is 1.36 bits per heavy atom. The quantitative estimate of drug-likeness (QED) is 0.494. The lowest BCUT2D eigenvalue weighted by Crippen LogP contribution is -2.01. The molecule has 2 N–H and O–H groups in total. The molecule has 0 aliphatic heterocycles. The molecule has 1 aromatic heterocycles. The number of anilines is 1. The Hall–Kier alpha value is -2.39. The normalized spacial score (nSPS) is 15.5. The predicted octanol–water partition coefficient (Wildman–Crippen LogP) is 7.62. The van der Waals surface area contributed by atoms with Crippen LogP contribution in [0, 0.1) is 0 Å². The molecule has 1 heterocycles. The van der Waals surface area contributed by atoms with Crippen LogP contribution >= 0.6 is 11.3 Å². The summed E-state index contributed by atoms with van der Waals surface area (Å²) in [6, 6.07) is 6.43. The Morgan fingerprint density at radius 3 is 2.96 bits per heavy atom. The lowest BCUT2D eigenvalue weighted by atomic mass is 9.83. The van der Waals surface area contributed by atoms with Gasteiger partial charge < -0.3 is 5.73 Å². The van der Waals surface area contributed by atoms with Gasteiger partial charge in [-0.3, -0.25) is 0 Å². The number of nitrogens with zero attached hydrogens (tertiary/aromatic N) is 1. The van der Waals surface area contributed by atoms with Crippen molar-refractivity contribution in [3.63, 3.8) is 0 Å². The largest absolute Gasteiger partial charge is 0.375 e. The van der Waals surface area contributed by atoms with E-state index in [0.717, 1.165) is 35.1 Å². The van der Waals surface area contributed by atoms with Gasteiger partial charge in [-0.15, -0.1) is 0 Å². The van der Waals surface area contributed by atoms with Crippen LogP contribution in [0.2, 0.25) is 0 Å². The number of hydrogen-bond donors (Lipinski definition) is 1. The van der Waals surface area contributed by atoms with Gasteiger partial charge in [-0.25, -0.2) is 4.98 Å². The Morgan fingerprint density at radius 2 is 2.18 bits per heavy atom. The van der Waals surface area contributed by atoms with Gasteiger partial charge in [-0.05, 0) is 73.9 Å². The molecular formula is C25H30N2S. The van der Waals surface area contributed by atoms with Gasteiger partial charge in [0.05, 0.1) is 10.2 Å². The van der Waals surface area contributed by atoms with Crippen LogP contribution in [0.5, 0.6) is 0 Å². The van der Waals surface area contributed by atoms with Crippen LogP contribution in [0.15, 0.2) is 71.4 Å². The summed E-state index contributed by atoms with van der Waals surface area (Å²) >= 11 is 1.54. The second-order valence-electron chi connectivity index (χ2n) is 7.55.